The van der Waals surface area contributed by atoms with Gasteiger partial charge in [-0.15, -0.1) is 0 Å². The van der Waals surface area contributed by atoms with Crippen LogP contribution in [0.1, 0.15) is 18.5 Å². The normalized spacial score (nSPS) is 11.9. The Morgan fingerprint density at radius 2 is 2.00 bits per heavy atom. The van der Waals surface area contributed by atoms with Gasteiger partial charge in [-0.05, 0) is 42.8 Å². The molecule has 1 unspecified atom stereocenters. The highest BCUT2D eigenvalue weighted by molar-refractivity contribution is 6.30. The second kappa shape index (κ2) is 7.40. The van der Waals surface area contributed by atoms with Gasteiger partial charge in [0.1, 0.15) is 11.3 Å². The van der Waals surface area contributed by atoms with E-state index in [9.17, 15) is 9.59 Å². The maximum atomic E-state index is 12.1. The van der Waals surface area contributed by atoms with Crippen molar-refractivity contribution in [2.24, 2.45) is 0 Å². The van der Waals surface area contributed by atoms with E-state index in [1.807, 2.05) is 19.1 Å². The highest BCUT2D eigenvalue weighted by Gasteiger charge is 2.11. The van der Waals surface area contributed by atoms with Crippen LogP contribution in [0.5, 0.6) is 5.75 Å². The Kier molecular flexibility index (Phi) is 5.05. The number of nitrogens with one attached hydrogen (secondary N) is 1. The van der Waals surface area contributed by atoms with Crippen molar-refractivity contribution in [3.63, 3.8) is 0 Å². The third-order valence-corrected chi connectivity index (χ3v) is 3.93. The van der Waals surface area contributed by atoms with Gasteiger partial charge >= 0.3 is 5.63 Å². The van der Waals surface area contributed by atoms with Crippen LogP contribution in [-0.2, 0) is 4.79 Å². The van der Waals surface area contributed by atoms with Crippen LogP contribution in [0.3, 0.4) is 0 Å². The molecule has 25 heavy (non-hydrogen) atoms. The fraction of sp³-hybridized carbons (Fsp3) is 0.158. The van der Waals surface area contributed by atoms with Crippen LogP contribution in [0.25, 0.3) is 11.0 Å². The Morgan fingerprint density at radius 1 is 1.20 bits per heavy atom. The van der Waals surface area contributed by atoms with E-state index in [0.29, 0.717) is 16.4 Å². The van der Waals surface area contributed by atoms with Crippen molar-refractivity contribution in [2.75, 3.05) is 6.61 Å². The number of rotatable bonds is 5. The highest BCUT2D eigenvalue weighted by Crippen LogP contribution is 2.20. The lowest BCUT2D eigenvalue weighted by molar-refractivity contribution is -0.123. The summed E-state index contributed by atoms with van der Waals surface area (Å²) < 4.78 is 10.6. The van der Waals surface area contributed by atoms with Gasteiger partial charge in [-0.1, -0.05) is 23.7 Å². The van der Waals surface area contributed by atoms with Gasteiger partial charge in [-0.25, -0.2) is 4.79 Å². The third-order valence-electron chi connectivity index (χ3n) is 3.69. The number of carbonyl (C=O) groups excluding carboxylic acids is 1. The smallest absolute Gasteiger partial charge is 0.336 e. The summed E-state index contributed by atoms with van der Waals surface area (Å²) in [5, 5.41) is 4.25. The molecule has 128 valence electrons. The molecular formula is C19H16ClNO4. The van der Waals surface area contributed by atoms with Gasteiger partial charge < -0.3 is 14.5 Å². The van der Waals surface area contributed by atoms with Crippen molar-refractivity contribution < 1.29 is 13.9 Å². The summed E-state index contributed by atoms with van der Waals surface area (Å²) in [5.74, 6) is 0.189. The van der Waals surface area contributed by atoms with E-state index in [4.69, 9.17) is 20.8 Å². The number of hydrogen-bond acceptors (Lipinski definition) is 4. The molecule has 0 saturated carbocycles. The zero-order valence-electron chi connectivity index (χ0n) is 13.5. The molecule has 0 bridgehead atoms. The van der Waals surface area contributed by atoms with Gasteiger partial charge in [-0.2, -0.15) is 0 Å². The summed E-state index contributed by atoms with van der Waals surface area (Å²) in [7, 11) is 0. The summed E-state index contributed by atoms with van der Waals surface area (Å²) in [6.45, 7) is 1.72. The van der Waals surface area contributed by atoms with Crippen LogP contribution in [0, 0.1) is 0 Å². The fourth-order valence-electron chi connectivity index (χ4n) is 2.42. The lowest BCUT2D eigenvalue weighted by Crippen LogP contribution is -2.31. The second-order valence-electron chi connectivity index (χ2n) is 5.59. The van der Waals surface area contributed by atoms with Crippen LogP contribution in [-0.4, -0.2) is 12.5 Å². The molecule has 1 heterocycles. The molecule has 0 aliphatic carbocycles. The van der Waals surface area contributed by atoms with E-state index < -0.39 is 5.63 Å². The van der Waals surface area contributed by atoms with Gasteiger partial charge in [0.05, 0.1) is 6.04 Å². The van der Waals surface area contributed by atoms with E-state index in [-0.39, 0.29) is 18.6 Å². The number of halogens is 1. The molecular weight excluding hydrogens is 342 g/mol. The van der Waals surface area contributed by atoms with Crippen LogP contribution in [0.15, 0.2) is 63.8 Å². The molecule has 1 atom stereocenters. The minimum atomic E-state index is -0.433. The van der Waals surface area contributed by atoms with Gasteiger partial charge in [-0.3, -0.25) is 4.79 Å². The summed E-state index contributed by atoms with van der Waals surface area (Å²) in [6.07, 6.45) is 0. The van der Waals surface area contributed by atoms with E-state index in [1.54, 1.807) is 36.4 Å². The Balaban J connectivity index is 1.61. The molecule has 0 fully saturated rings. The zero-order chi connectivity index (χ0) is 17.8. The lowest BCUT2D eigenvalue weighted by atomic mass is 10.1. The van der Waals surface area contributed by atoms with Crippen molar-refractivity contribution in [1.82, 2.24) is 5.32 Å². The molecule has 1 N–H and O–H groups in total. The zero-order valence-corrected chi connectivity index (χ0v) is 14.2. The molecule has 0 aliphatic rings. The molecule has 2 aromatic carbocycles. The predicted molar refractivity (Wildman–Crippen MR) is 96.0 cm³/mol. The molecule has 5 nitrogen and oxygen atoms in total. The average molecular weight is 358 g/mol. The van der Waals surface area contributed by atoms with Crippen LogP contribution in [0.2, 0.25) is 5.02 Å². The molecule has 3 rings (SSSR count). The monoisotopic (exact) mass is 357 g/mol. The number of benzene rings is 2. The number of ether oxygens (including phenoxy) is 1. The Bertz CT molecular complexity index is 967. The first-order valence-electron chi connectivity index (χ1n) is 7.73. The molecule has 3 aromatic rings. The number of carbonyl (C=O) groups is 1. The van der Waals surface area contributed by atoms with Crippen molar-refractivity contribution in [3.8, 4) is 5.75 Å². The SMILES string of the molecule is CC(NC(=O)COc1ccc2ccc(=O)oc2c1)c1cccc(Cl)c1. The first kappa shape index (κ1) is 17.0. The average Bonchev–Trinajstić information content (AvgIpc) is 2.59. The predicted octanol–water partition coefficient (Wildman–Crippen LogP) is 3.70. The molecule has 6 heteroatoms. The molecule has 0 spiro atoms. The lowest BCUT2D eigenvalue weighted by Gasteiger charge is -2.15. The number of amides is 1. The summed E-state index contributed by atoms with van der Waals surface area (Å²) in [5.41, 5.74) is 0.892. The van der Waals surface area contributed by atoms with Crippen molar-refractivity contribution in [3.05, 3.63) is 75.6 Å². The first-order valence-corrected chi connectivity index (χ1v) is 8.10. The Hall–Kier alpha value is -2.79. The van der Waals surface area contributed by atoms with E-state index >= 15 is 0 Å². The maximum absolute atomic E-state index is 12.1. The van der Waals surface area contributed by atoms with Gasteiger partial charge in [0.25, 0.3) is 5.91 Å². The van der Waals surface area contributed by atoms with Crippen molar-refractivity contribution in [2.45, 2.75) is 13.0 Å². The molecule has 0 saturated heterocycles. The molecule has 0 aliphatic heterocycles. The summed E-state index contributed by atoms with van der Waals surface area (Å²) >= 11 is 5.96. The van der Waals surface area contributed by atoms with Crippen molar-refractivity contribution in [1.29, 1.82) is 0 Å². The molecule has 1 amide bonds. The standard InChI is InChI=1S/C19H16ClNO4/c1-12(14-3-2-4-15(20)9-14)21-18(22)11-24-16-7-5-13-6-8-19(23)25-17(13)10-16/h2-10,12H,11H2,1H3,(H,21,22). The minimum absolute atomic E-state index is 0.145. The van der Waals surface area contributed by atoms with E-state index in [1.165, 1.54) is 6.07 Å². The topological polar surface area (TPSA) is 68.5 Å². The summed E-state index contributed by atoms with van der Waals surface area (Å²) in [4.78, 5) is 23.3. The van der Waals surface area contributed by atoms with Crippen LogP contribution in [0.4, 0.5) is 0 Å². The minimum Gasteiger partial charge on any atom is -0.484 e. The van der Waals surface area contributed by atoms with E-state index in [0.717, 1.165) is 10.9 Å². The maximum Gasteiger partial charge on any atom is 0.336 e. The van der Waals surface area contributed by atoms with E-state index in [2.05, 4.69) is 5.32 Å². The van der Waals surface area contributed by atoms with Crippen molar-refractivity contribution >= 4 is 28.5 Å². The van der Waals surface area contributed by atoms with Crippen LogP contribution >= 0.6 is 11.6 Å². The number of fused-ring (bicyclic) bond motifs is 1. The highest BCUT2D eigenvalue weighted by atomic mass is 35.5. The van der Waals surface area contributed by atoms with Gasteiger partial charge in [0.2, 0.25) is 0 Å². The fourth-order valence-corrected chi connectivity index (χ4v) is 2.62. The third kappa shape index (κ3) is 4.39. The quantitative estimate of drug-likeness (QED) is 0.707. The second-order valence-corrected chi connectivity index (χ2v) is 6.02. The van der Waals surface area contributed by atoms with Gasteiger partial charge in [0.15, 0.2) is 6.61 Å². The first-order chi connectivity index (χ1) is 12.0. The number of hydrogen-bond donors (Lipinski definition) is 1. The Morgan fingerprint density at radius 3 is 2.80 bits per heavy atom. The largest absolute Gasteiger partial charge is 0.484 e. The Labute approximate surface area is 149 Å². The van der Waals surface area contributed by atoms with Gasteiger partial charge in [0, 0.05) is 22.5 Å². The molecule has 1 aromatic heterocycles. The molecule has 0 radical (unpaired) electrons. The van der Waals surface area contributed by atoms with Crippen LogP contribution < -0.4 is 15.7 Å². The summed E-state index contributed by atoms with van der Waals surface area (Å²) in [6, 6.07) is 15.2.